The molecule has 0 saturated heterocycles. The normalized spacial score (nSPS) is 11.4. The van der Waals surface area contributed by atoms with E-state index >= 15 is 0 Å². The Morgan fingerprint density at radius 1 is 1.00 bits per heavy atom. The van der Waals surface area contributed by atoms with Crippen molar-refractivity contribution >= 4 is 5.91 Å². The van der Waals surface area contributed by atoms with E-state index in [0.29, 0.717) is 5.56 Å². The number of aromatic nitrogens is 3. The zero-order chi connectivity index (χ0) is 18.0. The SMILES string of the molecule is CC(C)(C)NC(=O)c1cc(-c2ccc(F)cc2)cc(-n2cnnc2)c1. The van der Waals surface area contributed by atoms with Gasteiger partial charge in [0.15, 0.2) is 0 Å². The zero-order valence-electron chi connectivity index (χ0n) is 14.3. The fourth-order valence-electron chi connectivity index (χ4n) is 2.45. The van der Waals surface area contributed by atoms with E-state index in [9.17, 15) is 9.18 Å². The fraction of sp³-hybridized carbons (Fsp3) is 0.211. The van der Waals surface area contributed by atoms with Crippen molar-refractivity contribution in [3.8, 4) is 16.8 Å². The Bertz CT molecular complexity index is 881. The first-order valence-electron chi connectivity index (χ1n) is 7.90. The maximum atomic E-state index is 13.2. The Hall–Kier alpha value is -3.02. The Kier molecular flexibility index (Phi) is 4.35. The molecule has 3 aromatic rings. The van der Waals surface area contributed by atoms with Crippen molar-refractivity contribution in [1.82, 2.24) is 20.1 Å². The second kappa shape index (κ2) is 6.47. The van der Waals surface area contributed by atoms with Gasteiger partial charge in [-0.15, -0.1) is 10.2 Å². The summed E-state index contributed by atoms with van der Waals surface area (Å²) in [5.74, 6) is -0.477. The number of benzene rings is 2. The highest BCUT2D eigenvalue weighted by Crippen LogP contribution is 2.25. The van der Waals surface area contributed by atoms with Crippen LogP contribution in [-0.2, 0) is 0 Å². The third kappa shape index (κ3) is 4.09. The minimum Gasteiger partial charge on any atom is -0.347 e. The molecular weight excluding hydrogens is 319 g/mol. The van der Waals surface area contributed by atoms with E-state index in [2.05, 4.69) is 15.5 Å². The first-order valence-corrected chi connectivity index (χ1v) is 7.90. The Morgan fingerprint density at radius 2 is 1.64 bits per heavy atom. The molecule has 0 aliphatic carbocycles. The summed E-state index contributed by atoms with van der Waals surface area (Å²) in [4.78, 5) is 12.6. The summed E-state index contributed by atoms with van der Waals surface area (Å²) in [5, 5.41) is 10.6. The minimum absolute atomic E-state index is 0.175. The highest BCUT2D eigenvalue weighted by molar-refractivity contribution is 5.96. The fourth-order valence-corrected chi connectivity index (χ4v) is 2.45. The summed E-state index contributed by atoms with van der Waals surface area (Å²) in [5.41, 5.74) is 2.55. The number of carbonyl (C=O) groups excluding carboxylic acids is 1. The lowest BCUT2D eigenvalue weighted by Gasteiger charge is -2.21. The molecule has 0 unspecified atom stereocenters. The molecule has 0 aliphatic rings. The van der Waals surface area contributed by atoms with Gasteiger partial charge in [-0.05, 0) is 62.2 Å². The van der Waals surface area contributed by atoms with E-state index in [1.165, 1.54) is 12.1 Å². The molecule has 1 amide bonds. The largest absolute Gasteiger partial charge is 0.347 e. The number of nitrogens with one attached hydrogen (secondary N) is 1. The van der Waals surface area contributed by atoms with Crippen LogP contribution in [0.25, 0.3) is 16.8 Å². The molecule has 1 aromatic heterocycles. The number of carbonyl (C=O) groups is 1. The monoisotopic (exact) mass is 338 g/mol. The molecule has 1 N–H and O–H groups in total. The first kappa shape index (κ1) is 16.8. The van der Waals surface area contributed by atoms with Crippen LogP contribution >= 0.6 is 0 Å². The number of amides is 1. The molecule has 0 atom stereocenters. The van der Waals surface area contributed by atoms with Gasteiger partial charge in [0.2, 0.25) is 0 Å². The van der Waals surface area contributed by atoms with E-state index in [0.717, 1.165) is 16.8 Å². The van der Waals surface area contributed by atoms with Gasteiger partial charge in [0.25, 0.3) is 5.91 Å². The number of hydrogen-bond acceptors (Lipinski definition) is 3. The Labute approximate surface area is 145 Å². The van der Waals surface area contributed by atoms with Gasteiger partial charge in [-0.25, -0.2) is 4.39 Å². The van der Waals surface area contributed by atoms with Gasteiger partial charge in [0.05, 0.1) is 0 Å². The standard InChI is InChI=1S/C19H19FN4O/c1-19(2,3)23-18(25)15-8-14(13-4-6-16(20)7-5-13)9-17(10-15)24-11-21-22-12-24/h4-12H,1-3H3,(H,23,25). The predicted octanol–water partition coefficient (Wildman–Crippen LogP) is 3.60. The van der Waals surface area contributed by atoms with Gasteiger partial charge in [-0.1, -0.05) is 12.1 Å². The van der Waals surface area contributed by atoms with Crippen molar-refractivity contribution in [2.75, 3.05) is 0 Å². The Balaban J connectivity index is 2.08. The van der Waals surface area contributed by atoms with E-state index in [1.54, 1.807) is 41.5 Å². The maximum Gasteiger partial charge on any atom is 0.251 e. The third-order valence-electron chi connectivity index (χ3n) is 3.56. The summed E-state index contributed by atoms with van der Waals surface area (Å²) in [6.45, 7) is 5.78. The molecule has 2 aromatic carbocycles. The van der Waals surface area contributed by atoms with Crippen LogP contribution in [0, 0.1) is 5.82 Å². The number of nitrogens with zero attached hydrogens (tertiary/aromatic N) is 3. The van der Waals surface area contributed by atoms with Crippen molar-refractivity contribution in [1.29, 1.82) is 0 Å². The summed E-state index contributed by atoms with van der Waals surface area (Å²) in [6, 6.07) is 11.6. The summed E-state index contributed by atoms with van der Waals surface area (Å²) in [7, 11) is 0. The lowest BCUT2D eigenvalue weighted by Crippen LogP contribution is -2.40. The van der Waals surface area contributed by atoms with Crippen LogP contribution in [0.1, 0.15) is 31.1 Å². The lowest BCUT2D eigenvalue weighted by molar-refractivity contribution is 0.0919. The first-order chi connectivity index (χ1) is 11.8. The molecule has 25 heavy (non-hydrogen) atoms. The van der Waals surface area contributed by atoms with E-state index < -0.39 is 0 Å². The summed E-state index contributed by atoms with van der Waals surface area (Å²) < 4.78 is 14.9. The smallest absolute Gasteiger partial charge is 0.251 e. The topological polar surface area (TPSA) is 59.8 Å². The highest BCUT2D eigenvalue weighted by Gasteiger charge is 2.17. The quantitative estimate of drug-likeness (QED) is 0.794. The van der Waals surface area contributed by atoms with Crippen molar-refractivity contribution in [3.63, 3.8) is 0 Å². The van der Waals surface area contributed by atoms with Crippen molar-refractivity contribution in [3.05, 3.63) is 66.5 Å². The van der Waals surface area contributed by atoms with E-state index in [1.807, 2.05) is 26.8 Å². The van der Waals surface area contributed by atoms with E-state index in [-0.39, 0.29) is 17.3 Å². The average Bonchev–Trinajstić information content (AvgIpc) is 3.08. The number of rotatable bonds is 3. The van der Waals surface area contributed by atoms with Gasteiger partial charge < -0.3 is 5.32 Å². The van der Waals surface area contributed by atoms with Gasteiger partial charge in [-0.2, -0.15) is 0 Å². The minimum atomic E-state index is -0.348. The van der Waals surface area contributed by atoms with Crippen LogP contribution in [0.15, 0.2) is 55.1 Å². The molecule has 3 rings (SSSR count). The van der Waals surface area contributed by atoms with Crippen LogP contribution in [0.2, 0.25) is 0 Å². The third-order valence-corrected chi connectivity index (χ3v) is 3.56. The molecule has 0 bridgehead atoms. The van der Waals surface area contributed by atoms with Crippen LogP contribution < -0.4 is 5.32 Å². The van der Waals surface area contributed by atoms with Crippen molar-refractivity contribution < 1.29 is 9.18 Å². The van der Waals surface area contributed by atoms with Crippen molar-refractivity contribution in [2.45, 2.75) is 26.3 Å². The molecule has 1 heterocycles. The lowest BCUT2D eigenvalue weighted by atomic mass is 10.0. The highest BCUT2D eigenvalue weighted by atomic mass is 19.1. The molecule has 0 saturated carbocycles. The van der Waals surface area contributed by atoms with Crippen LogP contribution in [-0.4, -0.2) is 26.2 Å². The van der Waals surface area contributed by atoms with Crippen LogP contribution in [0.3, 0.4) is 0 Å². The maximum absolute atomic E-state index is 13.2. The number of halogens is 1. The van der Waals surface area contributed by atoms with Gasteiger partial charge in [-0.3, -0.25) is 9.36 Å². The second-order valence-electron chi connectivity index (χ2n) is 6.85. The van der Waals surface area contributed by atoms with Crippen molar-refractivity contribution in [2.24, 2.45) is 0 Å². The van der Waals surface area contributed by atoms with E-state index in [4.69, 9.17) is 0 Å². The molecule has 0 fully saturated rings. The molecule has 0 spiro atoms. The van der Waals surface area contributed by atoms with Crippen LogP contribution in [0.5, 0.6) is 0 Å². The molecular formula is C19H19FN4O. The van der Waals surface area contributed by atoms with Gasteiger partial charge >= 0.3 is 0 Å². The molecule has 0 radical (unpaired) electrons. The molecule has 5 nitrogen and oxygen atoms in total. The van der Waals surface area contributed by atoms with Gasteiger partial charge in [0, 0.05) is 16.8 Å². The zero-order valence-corrected chi connectivity index (χ0v) is 14.3. The van der Waals surface area contributed by atoms with Crippen LogP contribution in [0.4, 0.5) is 4.39 Å². The number of hydrogen-bond donors (Lipinski definition) is 1. The molecule has 6 heteroatoms. The second-order valence-corrected chi connectivity index (χ2v) is 6.85. The van der Waals surface area contributed by atoms with Gasteiger partial charge in [0.1, 0.15) is 18.5 Å². The Morgan fingerprint density at radius 3 is 2.24 bits per heavy atom. The summed E-state index contributed by atoms with van der Waals surface area (Å²) >= 11 is 0. The molecule has 0 aliphatic heterocycles. The average molecular weight is 338 g/mol. The predicted molar refractivity (Wildman–Crippen MR) is 94.0 cm³/mol. The molecule has 128 valence electrons. The summed E-state index contributed by atoms with van der Waals surface area (Å²) in [6.07, 6.45) is 3.13.